The average molecular weight is 400 g/mol. The second-order valence-electron chi connectivity index (χ2n) is 5.57. The van der Waals surface area contributed by atoms with E-state index in [4.69, 9.17) is 39.0 Å². The fraction of sp³-hybridized carbons (Fsp3) is 0.118. The van der Waals surface area contributed by atoms with Crippen molar-refractivity contribution in [2.45, 2.75) is 11.8 Å². The van der Waals surface area contributed by atoms with E-state index in [1.165, 1.54) is 24.3 Å². The van der Waals surface area contributed by atoms with Gasteiger partial charge >= 0.3 is 6.18 Å². The number of hydrogen-bond acceptors (Lipinski definition) is 4. The zero-order valence-corrected chi connectivity index (χ0v) is 14.4. The predicted octanol–water partition coefficient (Wildman–Crippen LogP) is 4.78. The monoisotopic (exact) mass is 399 g/mol. The van der Waals surface area contributed by atoms with Gasteiger partial charge in [-0.1, -0.05) is 29.3 Å². The third-order valence-electron chi connectivity index (χ3n) is 3.87. The molecule has 3 N–H and O–H groups in total. The highest BCUT2D eigenvalue weighted by Crippen LogP contribution is 2.48. The lowest BCUT2D eigenvalue weighted by molar-refractivity contribution is -0.269. The Balaban J connectivity index is 2.14. The molecule has 0 aliphatic carbocycles. The van der Waals surface area contributed by atoms with Gasteiger partial charge in [-0.3, -0.25) is 10.3 Å². The molecule has 0 spiro atoms. The predicted molar refractivity (Wildman–Crippen MR) is 92.0 cm³/mol. The zero-order valence-electron chi connectivity index (χ0n) is 12.9. The molecule has 3 rings (SSSR count). The summed E-state index contributed by atoms with van der Waals surface area (Å²) < 4.78 is 41.7. The average Bonchev–Trinajstić information content (AvgIpc) is 3.00. The van der Waals surface area contributed by atoms with Gasteiger partial charge in [-0.2, -0.15) is 18.4 Å². The van der Waals surface area contributed by atoms with Gasteiger partial charge in [0.2, 0.25) is 5.60 Å². The first kappa shape index (κ1) is 18.4. The number of nitrogens with two attached hydrogens (primary N) is 1. The molecule has 2 aromatic rings. The number of anilines is 1. The summed E-state index contributed by atoms with van der Waals surface area (Å²) >= 11 is 11.7. The van der Waals surface area contributed by atoms with Crippen molar-refractivity contribution in [3.63, 3.8) is 0 Å². The van der Waals surface area contributed by atoms with Crippen molar-refractivity contribution in [2.75, 3.05) is 5.73 Å². The molecule has 2 aromatic carbocycles. The summed E-state index contributed by atoms with van der Waals surface area (Å²) in [6.07, 6.45) is -3.91. The van der Waals surface area contributed by atoms with Crippen molar-refractivity contribution < 1.29 is 18.0 Å². The highest BCUT2D eigenvalue weighted by molar-refractivity contribution is 6.34. The lowest BCUT2D eigenvalue weighted by atomic mass is 9.91. The first-order valence-electron chi connectivity index (χ1n) is 7.16. The van der Waals surface area contributed by atoms with Crippen molar-refractivity contribution in [3.05, 3.63) is 69.2 Å². The lowest BCUT2D eigenvalue weighted by Gasteiger charge is -2.28. The molecule has 0 amide bonds. The Morgan fingerprint density at radius 1 is 1.12 bits per heavy atom. The van der Waals surface area contributed by atoms with Crippen LogP contribution in [0.5, 0.6) is 0 Å². The number of hydroxylamine groups is 1. The molecular weight excluding hydrogens is 390 g/mol. The van der Waals surface area contributed by atoms with Crippen molar-refractivity contribution in [3.8, 4) is 6.07 Å². The number of alkyl halides is 3. The van der Waals surface area contributed by atoms with Crippen LogP contribution in [-0.4, -0.2) is 6.18 Å². The smallest absolute Gasteiger partial charge is 0.398 e. The van der Waals surface area contributed by atoms with Crippen LogP contribution in [0.25, 0.3) is 5.70 Å². The molecule has 0 bridgehead atoms. The highest BCUT2D eigenvalue weighted by atomic mass is 35.5. The van der Waals surface area contributed by atoms with Gasteiger partial charge in [0.25, 0.3) is 0 Å². The quantitative estimate of drug-likeness (QED) is 0.712. The molecule has 4 nitrogen and oxygen atoms in total. The number of hydrogen-bond donors (Lipinski definition) is 2. The molecule has 0 aromatic heterocycles. The maximum Gasteiger partial charge on any atom is 0.428 e. The standard InChI is InChI=1S/C17H10Cl2F3N3O/c18-12-4-11(5-13(19)6-12)16(17(20,21)22)7-15(25-26-16)9-1-2-10(8-23)14(24)3-9/h1-7,25H,24H2. The molecule has 0 fully saturated rings. The third kappa shape index (κ3) is 3.07. The minimum absolute atomic E-state index is 0.0455. The van der Waals surface area contributed by atoms with E-state index in [0.717, 1.165) is 18.2 Å². The number of benzene rings is 2. The van der Waals surface area contributed by atoms with E-state index < -0.39 is 11.8 Å². The van der Waals surface area contributed by atoms with E-state index in [9.17, 15) is 13.2 Å². The number of halogens is 5. The van der Waals surface area contributed by atoms with E-state index in [-0.39, 0.29) is 32.6 Å². The summed E-state index contributed by atoms with van der Waals surface area (Å²) in [5, 5.41) is 9.00. The van der Waals surface area contributed by atoms with Crippen LogP contribution in [0.3, 0.4) is 0 Å². The molecule has 1 aliphatic heterocycles. The van der Waals surface area contributed by atoms with Crippen molar-refractivity contribution >= 4 is 34.6 Å². The topological polar surface area (TPSA) is 71.1 Å². The SMILES string of the molecule is N#Cc1ccc(C2=CC(c3cc(Cl)cc(Cl)c3)(C(F)(F)F)ON2)cc1N. The van der Waals surface area contributed by atoms with Crippen LogP contribution >= 0.6 is 23.2 Å². The van der Waals surface area contributed by atoms with Gasteiger partial charge in [0, 0.05) is 21.2 Å². The Bertz CT molecular complexity index is 933. The van der Waals surface area contributed by atoms with Crippen molar-refractivity contribution in [1.82, 2.24) is 5.48 Å². The molecule has 0 radical (unpaired) electrons. The minimum atomic E-state index is -4.80. The van der Waals surface area contributed by atoms with Gasteiger partial charge in [0.1, 0.15) is 6.07 Å². The molecule has 134 valence electrons. The third-order valence-corrected chi connectivity index (χ3v) is 4.30. The molecule has 1 atom stereocenters. The minimum Gasteiger partial charge on any atom is -0.398 e. The fourth-order valence-corrected chi connectivity index (χ4v) is 3.11. The van der Waals surface area contributed by atoms with E-state index in [1.54, 1.807) is 0 Å². The number of nitrogen functional groups attached to an aromatic ring is 1. The van der Waals surface area contributed by atoms with Crippen molar-refractivity contribution in [1.29, 1.82) is 5.26 Å². The van der Waals surface area contributed by atoms with Gasteiger partial charge in [-0.15, -0.1) is 0 Å². The van der Waals surface area contributed by atoms with Gasteiger partial charge < -0.3 is 5.73 Å². The second-order valence-corrected chi connectivity index (χ2v) is 6.44. The maximum absolute atomic E-state index is 13.9. The summed E-state index contributed by atoms with van der Waals surface area (Å²) in [7, 11) is 0. The van der Waals surface area contributed by atoms with Crippen molar-refractivity contribution in [2.24, 2.45) is 0 Å². The summed E-state index contributed by atoms with van der Waals surface area (Å²) in [5.41, 5.74) is 5.71. The number of nitrogens with zero attached hydrogens (tertiary/aromatic N) is 1. The van der Waals surface area contributed by atoms with Crippen LogP contribution < -0.4 is 11.2 Å². The number of nitrogens with one attached hydrogen (secondary N) is 1. The fourth-order valence-electron chi connectivity index (χ4n) is 2.59. The van der Waals surface area contributed by atoms with Crippen LogP contribution in [0.4, 0.5) is 18.9 Å². The highest BCUT2D eigenvalue weighted by Gasteiger charge is 2.59. The van der Waals surface area contributed by atoms with Gasteiger partial charge in [-0.05, 0) is 36.4 Å². The Morgan fingerprint density at radius 3 is 2.31 bits per heavy atom. The largest absolute Gasteiger partial charge is 0.428 e. The zero-order chi connectivity index (χ0) is 19.1. The normalized spacial score (nSPS) is 19.6. The summed E-state index contributed by atoms with van der Waals surface area (Å²) in [4.78, 5) is 4.97. The molecule has 9 heteroatoms. The molecule has 1 heterocycles. The van der Waals surface area contributed by atoms with Gasteiger partial charge in [-0.25, -0.2) is 0 Å². The van der Waals surface area contributed by atoms with Gasteiger partial charge in [0.15, 0.2) is 0 Å². The van der Waals surface area contributed by atoms with E-state index in [0.29, 0.717) is 5.56 Å². The first-order valence-corrected chi connectivity index (χ1v) is 7.92. The van der Waals surface area contributed by atoms with Crippen LogP contribution in [0.15, 0.2) is 42.5 Å². The van der Waals surface area contributed by atoms with Crippen LogP contribution in [0, 0.1) is 11.3 Å². The molecule has 26 heavy (non-hydrogen) atoms. The second kappa shape index (κ2) is 6.40. The van der Waals surface area contributed by atoms with Crippen LogP contribution in [0.1, 0.15) is 16.7 Å². The van der Waals surface area contributed by atoms with E-state index >= 15 is 0 Å². The number of rotatable bonds is 2. The van der Waals surface area contributed by atoms with Crippen LogP contribution in [0.2, 0.25) is 10.0 Å². The molecule has 0 saturated heterocycles. The molecular formula is C17H10Cl2F3N3O. The molecule has 1 unspecified atom stereocenters. The Labute approximate surface area is 156 Å². The Morgan fingerprint density at radius 2 is 1.77 bits per heavy atom. The molecule has 1 aliphatic rings. The van der Waals surface area contributed by atoms with E-state index in [1.807, 2.05) is 6.07 Å². The number of nitriles is 1. The summed E-state index contributed by atoms with van der Waals surface area (Å²) in [5.74, 6) is 0. The molecule has 0 saturated carbocycles. The lowest BCUT2D eigenvalue weighted by Crippen LogP contribution is -2.42. The Hall–Kier alpha value is -2.40. The summed E-state index contributed by atoms with van der Waals surface area (Å²) in [6.45, 7) is 0. The van der Waals surface area contributed by atoms with Gasteiger partial charge in [0.05, 0.1) is 16.9 Å². The van der Waals surface area contributed by atoms with E-state index in [2.05, 4.69) is 5.48 Å². The van der Waals surface area contributed by atoms with Crippen LogP contribution in [-0.2, 0) is 10.4 Å². The summed E-state index contributed by atoms with van der Waals surface area (Å²) in [6, 6.07) is 9.75. The maximum atomic E-state index is 13.9. The first-order chi connectivity index (χ1) is 12.2. The Kier molecular flexibility index (Phi) is 4.53.